The highest BCUT2D eigenvalue weighted by Gasteiger charge is 2.24. The Kier molecular flexibility index (Phi) is 5.97. The summed E-state index contributed by atoms with van der Waals surface area (Å²) in [5.41, 5.74) is 7.85. The number of sulfonamides is 1. The van der Waals surface area contributed by atoms with Crippen molar-refractivity contribution in [2.45, 2.75) is 49.3 Å². The standard InChI is InChI=1S/C21H26N2O3S/c22-21(24)19(14-15-6-2-1-3-7-15)17-12-10-16(11-13-17)18-8-4-5-9-20(18)27(23,25)26/h4-5,8-13,15,19H,1-3,6-7,14H2,(H2,22,24)(H2,23,25,26). The predicted molar refractivity (Wildman–Crippen MR) is 106 cm³/mol. The van der Waals surface area contributed by atoms with E-state index < -0.39 is 10.0 Å². The summed E-state index contributed by atoms with van der Waals surface area (Å²) in [5.74, 6) is -0.0760. The van der Waals surface area contributed by atoms with Crippen molar-refractivity contribution in [2.24, 2.45) is 16.8 Å². The largest absolute Gasteiger partial charge is 0.369 e. The Hall–Kier alpha value is -2.18. The van der Waals surface area contributed by atoms with Gasteiger partial charge in [0.05, 0.1) is 10.8 Å². The lowest BCUT2D eigenvalue weighted by atomic mass is 9.80. The van der Waals surface area contributed by atoms with Gasteiger partial charge in [0.25, 0.3) is 0 Å². The summed E-state index contributed by atoms with van der Waals surface area (Å²) in [5, 5.41) is 5.33. The second-order valence-corrected chi connectivity index (χ2v) is 8.89. The first kappa shape index (κ1) is 19.6. The van der Waals surface area contributed by atoms with Crippen molar-refractivity contribution in [3.05, 3.63) is 54.1 Å². The molecule has 1 amide bonds. The summed E-state index contributed by atoms with van der Waals surface area (Å²) in [7, 11) is -3.81. The molecule has 27 heavy (non-hydrogen) atoms. The van der Waals surface area contributed by atoms with Gasteiger partial charge in [-0.05, 0) is 29.5 Å². The van der Waals surface area contributed by atoms with Crippen LogP contribution in [0.2, 0.25) is 0 Å². The van der Waals surface area contributed by atoms with Gasteiger partial charge in [-0.15, -0.1) is 0 Å². The monoisotopic (exact) mass is 386 g/mol. The maximum absolute atomic E-state index is 12.0. The zero-order chi connectivity index (χ0) is 19.4. The molecule has 0 spiro atoms. The van der Waals surface area contributed by atoms with Gasteiger partial charge in [-0.1, -0.05) is 74.6 Å². The van der Waals surface area contributed by atoms with Gasteiger partial charge < -0.3 is 5.73 Å². The molecule has 2 aromatic carbocycles. The van der Waals surface area contributed by atoms with E-state index in [4.69, 9.17) is 10.9 Å². The summed E-state index contributed by atoms with van der Waals surface area (Å²) in [6.45, 7) is 0. The Morgan fingerprint density at radius 1 is 1.00 bits per heavy atom. The molecule has 5 nitrogen and oxygen atoms in total. The number of amides is 1. The maximum Gasteiger partial charge on any atom is 0.238 e. The zero-order valence-electron chi connectivity index (χ0n) is 15.3. The number of nitrogens with two attached hydrogens (primary N) is 2. The minimum absolute atomic E-state index is 0.0893. The quantitative estimate of drug-likeness (QED) is 0.793. The van der Waals surface area contributed by atoms with Gasteiger partial charge in [0, 0.05) is 5.56 Å². The smallest absolute Gasteiger partial charge is 0.238 e. The van der Waals surface area contributed by atoms with Crippen LogP contribution < -0.4 is 10.9 Å². The van der Waals surface area contributed by atoms with Crippen LogP contribution in [0.1, 0.15) is 50.0 Å². The molecule has 1 fully saturated rings. The summed E-state index contributed by atoms with van der Waals surface area (Å²) < 4.78 is 23.7. The number of rotatable bonds is 6. The van der Waals surface area contributed by atoms with Crippen molar-refractivity contribution in [3.8, 4) is 11.1 Å². The van der Waals surface area contributed by atoms with Crippen molar-refractivity contribution >= 4 is 15.9 Å². The second kappa shape index (κ2) is 8.23. The maximum atomic E-state index is 12.0. The molecule has 1 unspecified atom stereocenters. The molecule has 0 bridgehead atoms. The number of benzene rings is 2. The van der Waals surface area contributed by atoms with Crippen LogP contribution in [0.5, 0.6) is 0 Å². The molecular weight excluding hydrogens is 360 g/mol. The average molecular weight is 387 g/mol. The van der Waals surface area contributed by atoms with E-state index in [0.717, 1.165) is 30.4 Å². The first-order valence-electron chi connectivity index (χ1n) is 9.38. The van der Waals surface area contributed by atoms with E-state index >= 15 is 0 Å². The molecular formula is C21H26N2O3S. The first-order valence-corrected chi connectivity index (χ1v) is 10.9. The van der Waals surface area contributed by atoms with E-state index in [9.17, 15) is 13.2 Å². The van der Waals surface area contributed by atoms with Crippen LogP contribution in [-0.2, 0) is 14.8 Å². The van der Waals surface area contributed by atoms with Crippen LogP contribution in [0.4, 0.5) is 0 Å². The topological polar surface area (TPSA) is 103 Å². The van der Waals surface area contributed by atoms with E-state index in [1.165, 1.54) is 25.3 Å². The molecule has 0 aliphatic heterocycles. The number of hydrogen-bond donors (Lipinski definition) is 2. The van der Waals surface area contributed by atoms with Crippen LogP contribution in [0.3, 0.4) is 0 Å². The highest BCUT2D eigenvalue weighted by Crippen LogP contribution is 2.34. The molecule has 4 N–H and O–H groups in total. The van der Waals surface area contributed by atoms with Gasteiger partial charge in [0.1, 0.15) is 0 Å². The molecule has 1 aliphatic carbocycles. The molecule has 1 saturated carbocycles. The van der Waals surface area contributed by atoms with Gasteiger partial charge >= 0.3 is 0 Å². The Bertz CT molecular complexity index is 901. The molecule has 144 valence electrons. The molecule has 3 rings (SSSR count). The molecule has 1 aliphatic rings. The molecule has 0 radical (unpaired) electrons. The summed E-state index contributed by atoms with van der Waals surface area (Å²) >= 11 is 0. The Morgan fingerprint density at radius 2 is 1.63 bits per heavy atom. The van der Waals surface area contributed by atoms with Crippen molar-refractivity contribution in [1.82, 2.24) is 0 Å². The van der Waals surface area contributed by atoms with Gasteiger partial charge in [-0.2, -0.15) is 0 Å². The van der Waals surface area contributed by atoms with E-state index in [0.29, 0.717) is 11.5 Å². The van der Waals surface area contributed by atoms with E-state index in [2.05, 4.69) is 0 Å². The SMILES string of the molecule is NC(=O)C(CC1CCCCC1)c1ccc(-c2ccccc2S(N)(=O)=O)cc1. The van der Waals surface area contributed by atoms with Crippen molar-refractivity contribution < 1.29 is 13.2 Å². The highest BCUT2D eigenvalue weighted by atomic mass is 32.2. The summed E-state index contributed by atoms with van der Waals surface area (Å²) in [6.07, 6.45) is 6.81. The Balaban J connectivity index is 1.87. The minimum atomic E-state index is -3.81. The number of carbonyl (C=O) groups excluding carboxylic acids is 1. The third-order valence-corrected chi connectivity index (χ3v) is 6.42. The number of carbonyl (C=O) groups is 1. The van der Waals surface area contributed by atoms with Crippen molar-refractivity contribution in [3.63, 3.8) is 0 Å². The first-order chi connectivity index (χ1) is 12.9. The Morgan fingerprint density at radius 3 is 2.22 bits per heavy atom. The fourth-order valence-electron chi connectivity index (χ4n) is 4.02. The van der Waals surface area contributed by atoms with E-state index in [1.54, 1.807) is 18.2 Å². The van der Waals surface area contributed by atoms with Gasteiger partial charge in [-0.25, -0.2) is 13.6 Å². The van der Waals surface area contributed by atoms with Crippen molar-refractivity contribution in [2.75, 3.05) is 0 Å². The van der Waals surface area contributed by atoms with Crippen LogP contribution in [0.25, 0.3) is 11.1 Å². The second-order valence-electron chi connectivity index (χ2n) is 7.36. The van der Waals surface area contributed by atoms with E-state index in [-0.39, 0.29) is 16.7 Å². The number of primary amides is 1. The van der Waals surface area contributed by atoms with E-state index in [1.807, 2.05) is 24.3 Å². The average Bonchev–Trinajstić information content (AvgIpc) is 2.66. The minimum Gasteiger partial charge on any atom is -0.369 e. The number of primary sulfonamides is 1. The molecule has 6 heteroatoms. The molecule has 1 atom stereocenters. The normalized spacial score (nSPS) is 16.8. The fraction of sp³-hybridized carbons (Fsp3) is 0.381. The Labute approximate surface area is 160 Å². The van der Waals surface area contributed by atoms with Crippen LogP contribution in [0.15, 0.2) is 53.4 Å². The zero-order valence-corrected chi connectivity index (χ0v) is 16.1. The third-order valence-electron chi connectivity index (χ3n) is 5.45. The van der Waals surface area contributed by atoms with Gasteiger partial charge in [0.15, 0.2) is 0 Å². The molecule has 0 heterocycles. The lowest BCUT2D eigenvalue weighted by molar-refractivity contribution is -0.119. The third kappa shape index (κ3) is 4.76. The van der Waals surface area contributed by atoms with Crippen LogP contribution >= 0.6 is 0 Å². The summed E-state index contributed by atoms with van der Waals surface area (Å²) in [4.78, 5) is 12.1. The fourth-order valence-corrected chi connectivity index (χ4v) is 4.78. The van der Waals surface area contributed by atoms with Crippen LogP contribution in [-0.4, -0.2) is 14.3 Å². The van der Waals surface area contributed by atoms with Crippen molar-refractivity contribution in [1.29, 1.82) is 0 Å². The highest BCUT2D eigenvalue weighted by molar-refractivity contribution is 7.89. The van der Waals surface area contributed by atoms with Gasteiger partial charge in [0.2, 0.25) is 15.9 Å². The van der Waals surface area contributed by atoms with Gasteiger partial charge in [-0.3, -0.25) is 4.79 Å². The lowest BCUT2D eigenvalue weighted by Gasteiger charge is -2.25. The molecule has 0 aromatic heterocycles. The predicted octanol–water partition coefficient (Wildman–Crippen LogP) is 3.54. The van der Waals surface area contributed by atoms with Crippen LogP contribution in [0, 0.1) is 5.92 Å². The number of hydrogen-bond acceptors (Lipinski definition) is 3. The lowest BCUT2D eigenvalue weighted by Crippen LogP contribution is -2.24. The molecule has 2 aromatic rings. The summed E-state index contributed by atoms with van der Waals surface area (Å²) in [6, 6.07) is 14.0. The molecule has 0 saturated heterocycles.